The second kappa shape index (κ2) is 11.8. The molecule has 43 heavy (non-hydrogen) atoms. The van der Waals surface area contributed by atoms with Crippen molar-refractivity contribution in [2.75, 3.05) is 37.7 Å². The summed E-state index contributed by atoms with van der Waals surface area (Å²) in [6.45, 7) is 0.607. The van der Waals surface area contributed by atoms with Crippen LogP contribution in [0.3, 0.4) is 0 Å². The Morgan fingerprint density at radius 1 is 1.12 bits per heavy atom. The molecule has 0 bridgehead atoms. The molecule has 2 atom stereocenters. The van der Waals surface area contributed by atoms with Crippen LogP contribution in [0.25, 0.3) is 22.3 Å². The second-order valence-corrected chi connectivity index (χ2v) is 12.7. The van der Waals surface area contributed by atoms with Gasteiger partial charge in [-0.2, -0.15) is 0 Å². The Morgan fingerprint density at radius 3 is 2.47 bits per heavy atom. The van der Waals surface area contributed by atoms with Crippen LogP contribution in [0.15, 0.2) is 65.1 Å². The molecule has 4 aromatic rings. The number of likely N-dealkylation sites (tertiary alicyclic amines) is 1. The zero-order chi connectivity index (χ0) is 31.1. The van der Waals surface area contributed by atoms with E-state index in [9.17, 15) is 26.8 Å². The minimum absolute atomic E-state index is 0.0930. The maximum Gasteiger partial charge on any atom is 0.255 e. The normalized spacial score (nSPS) is 16.2. The molecular formula is C31H32F2N4O5S. The van der Waals surface area contributed by atoms with Crippen molar-refractivity contribution in [3.8, 4) is 11.3 Å². The van der Waals surface area contributed by atoms with Crippen LogP contribution in [0.2, 0.25) is 0 Å². The lowest BCUT2D eigenvalue weighted by Crippen LogP contribution is -2.44. The molecule has 1 aromatic heterocycles. The van der Waals surface area contributed by atoms with E-state index in [4.69, 9.17) is 10.2 Å². The largest absolute Gasteiger partial charge is 0.455 e. The van der Waals surface area contributed by atoms with E-state index in [-0.39, 0.29) is 34.9 Å². The summed E-state index contributed by atoms with van der Waals surface area (Å²) in [5, 5.41) is 3.06. The van der Waals surface area contributed by atoms with E-state index < -0.39 is 39.5 Å². The minimum Gasteiger partial charge on any atom is -0.455 e. The zero-order valence-corrected chi connectivity index (χ0v) is 24.8. The van der Waals surface area contributed by atoms with E-state index in [0.717, 1.165) is 10.6 Å². The van der Waals surface area contributed by atoms with Crippen LogP contribution in [0, 0.1) is 11.6 Å². The van der Waals surface area contributed by atoms with Crippen LogP contribution in [0.4, 0.5) is 14.5 Å². The average molecular weight is 611 g/mol. The Morgan fingerprint density at radius 2 is 1.81 bits per heavy atom. The molecule has 1 saturated heterocycles. The number of furan rings is 1. The van der Waals surface area contributed by atoms with Gasteiger partial charge in [0.15, 0.2) is 0 Å². The number of amides is 2. The summed E-state index contributed by atoms with van der Waals surface area (Å²) in [7, 11) is -0.825. The molecular weight excluding hydrogens is 578 g/mol. The summed E-state index contributed by atoms with van der Waals surface area (Å²) >= 11 is 0. The summed E-state index contributed by atoms with van der Waals surface area (Å²) in [4.78, 5) is 28.1. The number of nitrogens with one attached hydrogen (secondary N) is 1. The van der Waals surface area contributed by atoms with E-state index in [1.165, 1.54) is 56.6 Å². The van der Waals surface area contributed by atoms with Crippen LogP contribution in [0.1, 0.15) is 46.3 Å². The standard InChI is InChI=1S/C31H32F2N4O5S/c1-35-30(38)27-23-15-22(19-7-6-14-37(17-19)31(39)28(34)21-8-4-5-9-24(21)33)25(36(2)43(3,40)41)16-26(23)42-29(27)18-10-12-20(32)13-11-18/h4-5,8-13,15-16,19,28H,6-7,14,17,34H2,1-3H3,(H,35,38)/t19-,28-/m1/s1. The van der Waals surface area contributed by atoms with E-state index in [2.05, 4.69) is 5.32 Å². The molecule has 0 aliphatic carbocycles. The molecule has 2 heterocycles. The molecule has 5 rings (SSSR count). The number of nitrogens with zero attached hydrogens (tertiary/aromatic N) is 2. The average Bonchev–Trinajstić information content (AvgIpc) is 3.37. The highest BCUT2D eigenvalue weighted by molar-refractivity contribution is 7.92. The Labute approximate surface area is 248 Å². The number of fused-ring (bicyclic) bond motifs is 1. The first kappa shape index (κ1) is 30.2. The first-order valence-corrected chi connectivity index (χ1v) is 15.6. The Bertz CT molecular complexity index is 1810. The van der Waals surface area contributed by atoms with Crippen LogP contribution in [-0.4, -0.2) is 58.6 Å². The molecule has 1 aliphatic heterocycles. The van der Waals surface area contributed by atoms with Gasteiger partial charge in [-0.15, -0.1) is 0 Å². The third-order valence-electron chi connectivity index (χ3n) is 7.91. The maximum atomic E-state index is 14.4. The van der Waals surface area contributed by atoms with Crippen LogP contribution >= 0.6 is 0 Å². The highest BCUT2D eigenvalue weighted by Crippen LogP contribution is 2.42. The van der Waals surface area contributed by atoms with Gasteiger partial charge >= 0.3 is 0 Å². The summed E-state index contributed by atoms with van der Waals surface area (Å²) in [5.74, 6) is -2.04. The minimum atomic E-state index is -3.72. The first-order valence-electron chi connectivity index (χ1n) is 13.7. The third-order valence-corrected chi connectivity index (χ3v) is 9.11. The third kappa shape index (κ3) is 5.84. The maximum absolute atomic E-state index is 14.4. The van der Waals surface area contributed by atoms with E-state index in [1.54, 1.807) is 23.1 Å². The van der Waals surface area contributed by atoms with Crippen molar-refractivity contribution < 1.29 is 31.2 Å². The molecule has 9 nitrogen and oxygen atoms in total. The lowest BCUT2D eigenvalue weighted by Gasteiger charge is -2.36. The number of carbonyl (C=O) groups excluding carboxylic acids is 2. The van der Waals surface area contributed by atoms with Crippen LogP contribution in [0.5, 0.6) is 0 Å². The Kier molecular flexibility index (Phi) is 8.26. The first-order chi connectivity index (χ1) is 20.4. The number of carbonyl (C=O) groups is 2. The van der Waals surface area contributed by atoms with Crippen LogP contribution < -0.4 is 15.4 Å². The quantitative estimate of drug-likeness (QED) is 0.317. The van der Waals surface area contributed by atoms with Gasteiger partial charge < -0.3 is 20.4 Å². The molecule has 0 saturated carbocycles. The zero-order valence-electron chi connectivity index (χ0n) is 23.9. The summed E-state index contributed by atoms with van der Waals surface area (Å²) in [6.07, 6.45) is 2.29. The molecule has 2 amide bonds. The van der Waals surface area contributed by atoms with Gasteiger partial charge in [0.1, 0.15) is 29.0 Å². The number of benzene rings is 3. The lowest BCUT2D eigenvalue weighted by atomic mass is 9.87. The predicted molar refractivity (Wildman–Crippen MR) is 160 cm³/mol. The fourth-order valence-corrected chi connectivity index (χ4v) is 6.09. The Balaban J connectivity index is 1.62. The number of hydrogen-bond donors (Lipinski definition) is 2. The van der Waals surface area contributed by atoms with Crippen molar-refractivity contribution in [3.63, 3.8) is 0 Å². The van der Waals surface area contributed by atoms with Crippen molar-refractivity contribution in [1.82, 2.24) is 10.2 Å². The van der Waals surface area contributed by atoms with Crippen molar-refractivity contribution in [2.24, 2.45) is 5.73 Å². The number of hydrogen-bond acceptors (Lipinski definition) is 6. The van der Waals surface area contributed by atoms with Crippen molar-refractivity contribution in [3.05, 3.63) is 89.0 Å². The van der Waals surface area contributed by atoms with Crippen molar-refractivity contribution in [1.29, 1.82) is 0 Å². The van der Waals surface area contributed by atoms with E-state index in [0.29, 0.717) is 41.6 Å². The van der Waals surface area contributed by atoms with Gasteiger partial charge in [-0.3, -0.25) is 13.9 Å². The molecule has 226 valence electrons. The number of halogens is 2. The number of rotatable bonds is 7. The Hall–Kier alpha value is -4.29. The molecule has 12 heteroatoms. The summed E-state index contributed by atoms with van der Waals surface area (Å²) in [5.41, 5.74) is 8.15. The fourth-order valence-electron chi connectivity index (χ4n) is 5.57. The molecule has 0 spiro atoms. The molecule has 3 N–H and O–H groups in total. The van der Waals surface area contributed by atoms with Gasteiger partial charge in [-0.1, -0.05) is 18.2 Å². The van der Waals surface area contributed by atoms with Gasteiger partial charge in [0.25, 0.3) is 5.91 Å². The van der Waals surface area contributed by atoms with Gasteiger partial charge in [0, 0.05) is 55.7 Å². The molecule has 0 unspecified atom stereocenters. The molecule has 0 radical (unpaired) electrons. The lowest BCUT2D eigenvalue weighted by molar-refractivity contribution is -0.134. The van der Waals surface area contributed by atoms with Gasteiger partial charge in [-0.05, 0) is 54.8 Å². The number of piperidine rings is 1. The fraction of sp³-hybridized carbons (Fsp3) is 0.290. The number of nitrogens with two attached hydrogens (primary N) is 1. The van der Waals surface area contributed by atoms with Gasteiger partial charge in [0.2, 0.25) is 15.9 Å². The molecule has 1 fully saturated rings. The predicted octanol–water partition coefficient (Wildman–Crippen LogP) is 4.54. The summed E-state index contributed by atoms with van der Waals surface area (Å²) < 4.78 is 60.8. The molecule has 3 aromatic carbocycles. The SMILES string of the molecule is CNC(=O)c1c(-c2ccc(F)cc2)oc2cc(N(C)S(C)(=O)=O)c([C@@H]3CCCN(C(=O)[C@H](N)c4ccccc4F)C3)cc12. The van der Waals surface area contributed by atoms with Crippen molar-refractivity contribution >= 4 is 38.5 Å². The van der Waals surface area contributed by atoms with E-state index in [1.807, 2.05) is 0 Å². The van der Waals surface area contributed by atoms with Gasteiger partial charge in [-0.25, -0.2) is 17.2 Å². The van der Waals surface area contributed by atoms with Gasteiger partial charge in [0.05, 0.1) is 17.5 Å². The summed E-state index contributed by atoms with van der Waals surface area (Å²) in [6, 6.07) is 13.4. The molecule has 1 aliphatic rings. The monoisotopic (exact) mass is 610 g/mol. The highest BCUT2D eigenvalue weighted by atomic mass is 32.2. The van der Waals surface area contributed by atoms with Crippen LogP contribution in [-0.2, 0) is 14.8 Å². The number of sulfonamides is 1. The highest BCUT2D eigenvalue weighted by Gasteiger charge is 2.33. The topological polar surface area (TPSA) is 126 Å². The van der Waals surface area contributed by atoms with Crippen molar-refractivity contribution in [2.45, 2.75) is 24.8 Å². The smallest absolute Gasteiger partial charge is 0.255 e. The number of anilines is 1. The van der Waals surface area contributed by atoms with E-state index >= 15 is 0 Å². The second-order valence-electron chi connectivity index (χ2n) is 10.7.